The van der Waals surface area contributed by atoms with Crippen LogP contribution in [0.5, 0.6) is 5.75 Å². The zero-order valence-electron chi connectivity index (χ0n) is 17.1. The monoisotopic (exact) mass is 404 g/mol. The lowest BCUT2D eigenvalue weighted by atomic mass is 9.77. The van der Waals surface area contributed by atoms with Gasteiger partial charge in [-0.15, -0.1) is 0 Å². The Kier molecular flexibility index (Phi) is 7.42. The molecule has 1 heterocycles. The highest BCUT2D eigenvalue weighted by molar-refractivity contribution is 6.32. The minimum atomic E-state index is 0.0707. The van der Waals surface area contributed by atoms with E-state index in [0.717, 1.165) is 50.9 Å². The maximum atomic E-state index is 12.6. The van der Waals surface area contributed by atoms with Crippen molar-refractivity contribution in [2.24, 2.45) is 11.8 Å². The van der Waals surface area contributed by atoms with Crippen LogP contribution in [0.3, 0.4) is 0 Å². The average molecular weight is 405 g/mol. The van der Waals surface area contributed by atoms with Gasteiger partial charge >= 0.3 is 0 Å². The number of likely N-dealkylation sites (tertiary alicyclic amines) is 1. The molecular weight excluding hydrogens is 372 g/mol. The molecule has 2 fully saturated rings. The third-order valence-corrected chi connectivity index (χ3v) is 6.26. The second kappa shape index (κ2) is 9.80. The fourth-order valence-electron chi connectivity index (χ4n) is 4.60. The summed E-state index contributed by atoms with van der Waals surface area (Å²) in [6.07, 6.45) is 5.40. The van der Waals surface area contributed by atoms with Crippen LogP contribution in [0.25, 0.3) is 0 Å². The number of carbonyl (C=O) groups excluding carboxylic acids is 1. The maximum Gasteiger partial charge on any atom is 0.234 e. The molecular formula is C23H33ClN2O2. The number of nitrogens with zero attached hydrogens (tertiary/aromatic N) is 1. The van der Waals surface area contributed by atoms with Gasteiger partial charge in [0.25, 0.3) is 0 Å². The Labute approximate surface area is 174 Å². The predicted molar refractivity (Wildman–Crippen MR) is 115 cm³/mol. The molecule has 0 aromatic heterocycles. The summed E-state index contributed by atoms with van der Waals surface area (Å²) in [5, 5.41) is 3.86. The van der Waals surface area contributed by atoms with Crippen LogP contribution in [0, 0.1) is 11.8 Å². The minimum Gasteiger partial charge on any atom is -0.488 e. The Morgan fingerprint density at radius 1 is 1.39 bits per heavy atom. The normalized spacial score (nSPS) is 27.2. The number of hydrogen-bond donors (Lipinski definition) is 1. The minimum absolute atomic E-state index is 0.0707. The smallest absolute Gasteiger partial charge is 0.234 e. The number of allylic oxidation sites excluding steroid dienone is 1. The number of para-hydroxylation sites is 1. The largest absolute Gasteiger partial charge is 0.488 e. The van der Waals surface area contributed by atoms with Gasteiger partial charge in [0.1, 0.15) is 11.9 Å². The van der Waals surface area contributed by atoms with E-state index in [1.807, 2.05) is 24.3 Å². The number of rotatable bonds is 6. The van der Waals surface area contributed by atoms with Crippen LogP contribution in [0.2, 0.25) is 5.02 Å². The predicted octanol–water partition coefficient (Wildman–Crippen LogP) is 4.68. The molecule has 1 aliphatic carbocycles. The fourth-order valence-corrected chi connectivity index (χ4v) is 4.78. The van der Waals surface area contributed by atoms with Gasteiger partial charge in [-0.3, -0.25) is 9.69 Å². The molecule has 0 spiro atoms. The van der Waals surface area contributed by atoms with Crippen LogP contribution >= 0.6 is 11.6 Å². The number of ether oxygens (including phenoxy) is 1. The number of benzene rings is 1. The van der Waals surface area contributed by atoms with Gasteiger partial charge in [-0.25, -0.2) is 0 Å². The summed E-state index contributed by atoms with van der Waals surface area (Å²) in [7, 11) is 0. The van der Waals surface area contributed by atoms with E-state index in [2.05, 4.69) is 30.6 Å². The molecule has 4 atom stereocenters. The first-order valence-corrected chi connectivity index (χ1v) is 10.9. The van der Waals surface area contributed by atoms with Crippen molar-refractivity contribution in [1.29, 1.82) is 0 Å². The number of carbonyl (C=O) groups is 1. The van der Waals surface area contributed by atoms with E-state index in [-0.39, 0.29) is 18.1 Å². The van der Waals surface area contributed by atoms with E-state index in [9.17, 15) is 4.79 Å². The van der Waals surface area contributed by atoms with Crippen molar-refractivity contribution in [1.82, 2.24) is 10.2 Å². The van der Waals surface area contributed by atoms with Crippen molar-refractivity contribution in [3.63, 3.8) is 0 Å². The molecule has 4 unspecified atom stereocenters. The Morgan fingerprint density at radius 2 is 2.18 bits per heavy atom. The number of piperidine rings is 1. The van der Waals surface area contributed by atoms with Gasteiger partial charge in [-0.1, -0.05) is 42.8 Å². The summed E-state index contributed by atoms with van der Waals surface area (Å²) in [5.41, 5.74) is 1.32. The highest BCUT2D eigenvalue weighted by Gasteiger charge is 2.28. The van der Waals surface area contributed by atoms with Gasteiger partial charge in [0.15, 0.2) is 0 Å². The highest BCUT2D eigenvalue weighted by Crippen LogP contribution is 2.33. The van der Waals surface area contributed by atoms with Crippen molar-refractivity contribution >= 4 is 17.5 Å². The van der Waals surface area contributed by atoms with E-state index in [4.69, 9.17) is 16.3 Å². The van der Waals surface area contributed by atoms with Crippen molar-refractivity contribution in [2.45, 2.75) is 58.1 Å². The SMILES string of the molecule is C=C1CC(C)CC(C(C)NC(=O)CN2CCCC(Oc3ccccc3Cl)C2)C1. The standard InChI is InChI=1S/C23H33ClN2O2/c1-16-11-17(2)13-19(12-16)18(3)25-23(27)15-26-10-6-7-20(14-26)28-22-9-5-4-8-21(22)24/h4-5,8-9,17-20H,1,6-7,10-15H2,2-3H3,(H,25,27). The summed E-state index contributed by atoms with van der Waals surface area (Å²) in [6, 6.07) is 7.75. The molecule has 1 aliphatic heterocycles. The molecule has 1 aromatic rings. The van der Waals surface area contributed by atoms with Gasteiger partial charge in [0.2, 0.25) is 5.91 Å². The first-order chi connectivity index (χ1) is 13.4. The highest BCUT2D eigenvalue weighted by atomic mass is 35.5. The molecule has 28 heavy (non-hydrogen) atoms. The number of nitrogens with one attached hydrogen (secondary N) is 1. The fraction of sp³-hybridized carbons (Fsp3) is 0.609. The molecule has 3 rings (SSSR count). The van der Waals surface area contributed by atoms with Gasteiger partial charge in [0, 0.05) is 12.6 Å². The van der Waals surface area contributed by atoms with Crippen molar-refractivity contribution in [2.75, 3.05) is 19.6 Å². The first kappa shape index (κ1) is 21.2. The lowest BCUT2D eigenvalue weighted by molar-refractivity contribution is -0.123. The zero-order valence-corrected chi connectivity index (χ0v) is 17.9. The molecule has 4 nitrogen and oxygen atoms in total. The molecule has 1 saturated heterocycles. The van der Waals surface area contributed by atoms with E-state index < -0.39 is 0 Å². The Bertz CT molecular complexity index is 693. The molecule has 1 N–H and O–H groups in total. The maximum absolute atomic E-state index is 12.6. The molecule has 1 amide bonds. The van der Waals surface area contributed by atoms with Gasteiger partial charge < -0.3 is 10.1 Å². The molecule has 154 valence electrons. The Hall–Kier alpha value is -1.52. The summed E-state index contributed by atoms with van der Waals surface area (Å²) >= 11 is 6.21. The first-order valence-electron chi connectivity index (χ1n) is 10.5. The molecule has 0 radical (unpaired) electrons. The quantitative estimate of drug-likeness (QED) is 0.700. The van der Waals surface area contributed by atoms with Crippen LogP contribution < -0.4 is 10.1 Å². The van der Waals surface area contributed by atoms with Crippen molar-refractivity contribution < 1.29 is 9.53 Å². The summed E-state index contributed by atoms with van der Waals surface area (Å²) in [5.74, 6) is 1.99. The van der Waals surface area contributed by atoms with Gasteiger partial charge in [-0.05, 0) is 69.5 Å². The summed E-state index contributed by atoms with van der Waals surface area (Å²) in [4.78, 5) is 14.8. The van der Waals surface area contributed by atoms with E-state index in [1.54, 1.807) is 0 Å². The van der Waals surface area contributed by atoms with Crippen LogP contribution in [0.15, 0.2) is 36.4 Å². The second-order valence-corrected chi connectivity index (χ2v) is 9.07. The third-order valence-electron chi connectivity index (χ3n) is 5.95. The van der Waals surface area contributed by atoms with E-state index in [0.29, 0.717) is 23.4 Å². The van der Waals surface area contributed by atoms with Crippen LogP contribution in [0.1, 0.15) is 46.0 Å². The van der Waals surface area contributed by atoms with Crippen LogP contribution in [0.4, 0.5) is 0 Å². The van der Waals surface area contributed by atoms with Gasteiger partial charge in [0.05, 0.1) is 11.6 Å². The number of halogens is 1. The molecule has 2 aliphatic rings. The molecule has 0 bridgehead atoms. The second-order valence-electron chi connectivity index (χ2n) is 8.66. The number of amides is 1. The third kappa shape index (κ3) is 5.99. The van der Waals surface area contributed by atoms with Crippen molar-refractivity contribution in [3.8, 4) is 5.75 Å². The Balaban J connectivity index is 1.47. The lowest BCUT2D eigenvalue weighted by Crippen LogP contribution is -2.48. The molecule has 1 aromatic carbocycles. The zero-order chi connectivity index (χ0) is 20.1. The van der Waals surface area contributed by atoms with E-state index in [1.165, 1.54) is 5.57 Å². The lowest BCUT2D eigenvalue weighted by Gasteiger charge is -2.35. The molecule has 5 heteroatoms. The summed E-state index contributed by atoms with van der Waals surface area (Å²) in [6.45, 7) is 10.7. The van der Waals surface area contributed by atoms with E-state index >= 15 is 0 Å². The van der Waals surface area contributed by atoms with Crippen molar-refractivity contribution in [3.05, 3.63) is 41.4 Å². The topological polar surface area (TPSA) is 41.6 Å². The Morgan fingerprint density at radius 3 is 2.93 bits per heavy atom. The number of hydrogen-bond acceptors (Lipinski definition) is 3. The average Bonchev–Trinajstić information content (AvgIpc) is 2.63. The van der Waals surface area contributed by atoms with Gasteiger partial charge in [-0.2, -0.15) is 0 Å². The molecule has 1 saturated carbocycles. The van der Waals surface area contributed by atoms with Crippen LogP contribution in [-0.2, 0) is 4.79 Å². The summed E-state index contributed by atoms with van der Waals surface area (Å²) < 4.78 is 6.08. The van der Waals surface area contributed by atoms with Crippen LogP contribution in [-0.4, -0.2) is 42.6 Å².